The van der Waals surface area contributed by atoms with E-state index in [1.807, 2.05) is 66.7 Å². The van der Waals surface area contributed by atoms with Gasteiger partial charge in [0, 0.05) is 19.0 Å². The molecule has 1 aliphatic rings. The third-order valence-corrected chi connectivity index (χ3v) is 9.24. The van der Waals surface area contributed by atoms with Gasteiger partial charge in [0.2, 0.25) is 15.9 Å². The largest absolute Gasteiger partial charge is 0.493 e. The van der Waals surface area contributed by atoms with Crippen LogP contribution in [-0.2, 0) is 39.0 Å². The van der Waals surface area contributed by atoms with Gasteiger partial charge in [-0.3, -0.25) is 4.79 Å². The second-order valence-corrected chi connectivity index (χ2v) is 11.7. The molecule has 212 valence electrons. The van der Waals surface area contributed by atoms with Crippen LogP contribution in [-0.4, -0.2) is 56.0 Å². The van der Waals surface area contributed by atoms with Crippen LogP contribution >= 0.6 is 0 Å². The summed E-state index contributed by atoms with van der Waals surface area (Å²) in [6, 6.07) is 22.3. The number of carboxylic acids is 1. The maximum atomic E-state index is 14.0. The average molecular weight is 575 g/mol. The van der Waals surface area contributed by atoms with Crippen molar-refractivity contribution < 1.29 is 32.6 Å². The number of nitrogens with one attached hydrogen (secondary N) is 1. The molecule has 1 heterocycles. The topological polar surface area (TPSA) is 122 Å². The fourth-order valence-corrected chi connectivity index (χ4v) is 6.83. The van der Waals surface area contributed by atoms with Crippen LogP contribution in [0.3, 0.4) is 0 Å². The molecule has 1 amide bonds. The first-order chi connectivity index (χ1) is 19.7. The number of nitrogens with zero attached hydrogens (tertiary/aromatic N) is 1. The minimum absolute atomic E-state index is 0.0359. The molecule has 0 spiro atoms. The van der Waals surface area contributed by atoms with Crippen LogP contribution in [0.25, 0.3) is 10.8 Å². The number of methoxy groups -OCH3 is 2. The molecule has 0 fully saturated rings. The van der Waals surface area contributed by atoms with Crippen LogP contribution in [0.2, 0.25) is 0 Å². The summed E-state index contributed by atoms with van der Waals surface area (Å²) in [5.41, 5.74) is 2.36. The third kappa shape index (κ3) is 5.61. The predicted octanol–water partition coefficient (Wildman–Crippen LogP) is 3.78. The summed E-state index contributed by atoms with van der Waals surface area (Å²) in [5, 5.41) is 14.5. The number of carbonyl (C=O) groups excluding carboxylic acids is 1. The van der Waals surface area contributed by atoms with E-state index in [9.17, 15) is 23.1 Å². The van der Waals surface area contributed by atoms with Crippen LogP contribution in [0.15, 0.2) is 89.8 Å². The molecule has 1 aliphatic heterocycles. The van der Waals surface area contributed by atoms with Crippen molar-refractivity contribution in [2.45, 2.75) is 36.4 Å². The van der Waals surface area contributed by atoms with Crippen molar-refractivity contribution in [3.05, 3.63) is 102 Å². The van der Waals surface area contributed by atoms with Crippen LogP contribution in [0, 0.1) is 0 Å². The van der Waals surface area contributed by atoms with Crippen LogP contribution < -0.4 is 14.8 Å². The number of sulfonamides is 1. The zero-order valence-electron chi connectivity index (χ0n) is 22.6. The lowest BCUT2D eigenvalue weighted by Gasteiger charge is -2.35. The number of amides is 1. The van der Waals surface area contributed by atoms with Crippen molar-refractivity contribution in [1.82, 2.24) is 9.62 Å². The zero-order valence-corrected chi connectivity index (χ0v) is 23.4. The van der Waals surface area contributed by atoms with Gasteiger partial charge in [-0.2, -0.15) is 4.31 Å². The SMILES string of the molecule is COc1ccc(S(=O)(=O)N2Cc3ccccc3CC2C(=O)NC(Cc2cccc3ccccc23)C(=O)O)cc1OC. The normalized spacial score (nSPS) is 16.0. The monoisotopic (exact) mass is 574 g/mol. The molecule has 0 saturated heterocycles. The standard InChI is InChI=1S/C31H30N2O7S/c1-39-28-15-14-24(18-29(28)40-2)41(37,38)33-19-23-10-4-3-9-21(23)17-27(33)30(34)32-26(31(35)36)16-22-12-7-11-20-8-5-6-13-25(20)22/h3-15,18,26-27H,16-17,19H2,1-2H3,(H,32,34)(H,35,36). The molecule has 4 aromatic rings. The maximum Gasteiger partial charge on any atom is 0.326 e. The van der Waals surface area contributed by atoms with Crippen molar-refractivity contribution in [1.29, 1.82) is 0 Å². The average Bonchev–Trinajstić information content (AvgIpc) is 2.99. The predicted molar refractivity (Wildman–Crippen MR) is 153 cm³/mol. The Bertz CT molecular complexity index is 1720. The first kappa shape index (κ1) is 28.1. The summed E-state index contributed by atoms with van der Waals surface area (Å²) in [7, 11) is -1.35. The molecule has 0 saturated carbocycles. The van der Waals surface area contributed by atoms with Gasteiger partial charge in [0.15, 0.2) is 11.5 Å². The quantitative estimate of drug-likeness (QED) is 0.312. The van der Waals surface area contributed by atoms with Gasteiger partial charge >= 0.3 is 5.97 Å². The fraction of sp³-hybridized carbons (Fsp3) is 0.226. The third-order valence-electron chi connectivity index (χ3n) is 7.39. The maximum absolute atomic E-state index is 14.0. The number of hydrogen-bond donors (Lipinski definition) is 2. The molecule has 41 heavy (non-hydrogen) atoms. The van der Waals surface area contributed by atoms with Crippen LogP contribution in [0.1, 0.15) is 16.7 Å². The summed E-state index contributed by atoms with van der Waals surface area (Å²) in [6.07, 6.45) is 0.128. The number of fused-ring (bicyclic) bond motifs is 2. The highest BCUT2D eigenvalue weighted by Crippen LogP contribution is 2.34. The number of rotatable bonds is 9. The minimum atomic E-state index is -4.21. The van der Waals surface area contributed by atoms with E-state index in [4.69, 9.17) is 9.47 Å². The van der Waals surface area contributed by atoms with Gasteiger partial charge < -0.3 is 19.9 Å². The summed E-state index contributed by atoms with van der Waals surface area (Å²) < 4.78 is 39.6. The van der Waals surface area contributed by atoms with Gasteiger partial charge in [0.1, 0.15) is 12.1 Å². The molecule has 0 aromatic heterocycles. The van der Waals surface area contributed by atoms with Crippen molar-refractivity contribution in [3.63, 3.8) is 0 Å². The van der Waals surface area contributed by atoms with Gasteiger partial charge in [-0.1, -0.05) is 66.7 Å². The minimum Gasteiger partial charge on any atom is -0.493 e. The Balaban J connectivity index is 1.48. The Labute approximate surface area is 238 Å². The molecule has 0 aliphatic carbocycles. The van der Waals surface area contributed by atoms with E-state index in [-0.39, 0.29) is 30.0 Å². The summed E-state index contributed by atoms with van der Waals surface area (Å²) in [4.78, 5) is 26.0. The van der Waals surface area contributed by atoms with Crippen molar-refractivity contribution in [2.24, 2.45) is 0 Å². The van der Waals surface area contributed by atoms with Crippen LogP contribution in [0.4, 0.5) is 0 Å². The van der Waals surface area contributed by atoms with E-state index in [1.54, 1.807) is 0 Å². The van der Waals surface area contributed by atoms with E-state index < -0.39 is 34.0 Å². The smallest absolute Gasteiger partial charge is 0.326 e. The molecular weight excluding hydrogens is 544 g/mol. The number of ether oxygens (including phenoxy) is 2. The molecule has 2 atom stereocenters. The lowest BCUT2D eigenvalue weighted by Crippen LogP contribution is -2.55. The summed E-state index contributed by atoms with van der Waals surface area (Å²) in [5.74, 6) is -1.30. The molecule has 9 nitrogen and oxygen atoms in total. The molecular formula is C31H30N2O7S. The van der Waals surface area contributed by atoms with E-state index in [0.717, 1.165) is 31.8 Å². The Morgan fingerprint density at radius 1 is 0.927 bits per heavy atom. The van der Waals surface area contributed by atoms with Gasteiger partial charge in [-0.05, 0) is 46.0 Å². The molecule has 0 radical (unpaired) electrons. The summed E-state index contributed by atoms with van der Waals surface area (Å²) in [6.45, 7) is -0.0496. The molecule has 5 rings (SSSR count). The van der Waals surface area contributed by atoms with Gasteiger partial charge in [0.25, 0.3) is 0 Å². The van der Waals surface area contributed by atoms with E-state index in [2.05, 4.69) is 5.32 Å². The molecule has 4 aromatic carbocycles. The summed E-state index contributed by atoms with van der Waals surface area (Å²) >= 11 is 0. The number of carboxylic acid groups (broad SMARTS) is 1. The van der Waals surface area contributed by atoms with E-state index >= 15 is 0 Å². The Hall–Kier alpha value is -4.41. The number of hydrogen-bond acceptors (Lipinski definition) is 6. The highest BCUT2D eigenvalue weighted by molar-refractivity contribution is 7.89. The van der Waals surface area contributed by atoms with Crippen LogP contribution in [0.5, 0.6) is 11.5 Å². The van der Waals surface area contributed by atoms with Crippen molar-refractivity contribution >= 4 is 32.7 Å². The first-order valence-corrected chi connectivity index (χ1v) is 14.5. The second kappa shape index (κ2) is 11.6. The van der Waals surface area contributed by atoms with Crippen molar-refractivity contribution in [3.8, 4) is 11.5 Å². The Morgan fingerprint density at radius 3 is 2.34 bits per heavy atom. The number of carbonyl (C=O) groups is 2. The molecule has 0 bridgehead atoms. The van der Waals surface area contributed by atoms with E-state index in [1.165, 1.54) is 32.4 Å². The number of benzene rings is 4. The fourth-order valence-electron chi connectivity index (χ4n) is 5.25. The Kier molecular flexibility index (Phi) is 7.96. The second-order valence-electron chi connectivity index (χ2n) is 9.80. The Morgan fingerprint density at radius 2 is 1.61 bits per heavy atom. The molecule has 2 unspecified atom stereocenters. The number of aliphatic carboxylic acids is 1. The van der Waals surface area contributed by atoms with Gasteiger partial charge in [-0.15, -0.1) is 0 Å². The van der Waals surface area contributed by atoms with Crippen molar-refractivity contribution in [2.75, 3.05) is 14.2 Å². The zero-order chi connectivity index (χ0) is 29.1. The molecule has 10 heteroatoms. The highest BCUT2D eigenvalue weighted by atomic mass is 32.2. The first-order valence-electron chi connectivity index (χ1n) is 13.0. The lowest BCUT2D eigenvalue weighted by molar-refractivity contribution is -0.142. The van der Waals surface area contributed by atoms with E-state index in [0.29, 0.717) is 5.75 Å². The van der Waals surface area contributed by atoms with Gasteiger partial charge in [0.05, 0.1) is 19.1 Å². The van der Waals surface area contributed by atoms with Gasteiger partial charge in [-0.25, -0.2) is 13.2 Å². The highest BCUT2D eigenvalue weighted by Gasteiger charge is 2.41. The molecule has 2 N–H and O–H groups in total. The lowest BCUT2D eigenvalue weighted by atomic mass is 9.94.